The second kappa shape index (κ2) is 4.57. The van der Waals surface area contributed by atoms with Crippen LogP contribution in [0.1, 0.15) is 18.5 Å². The van der Waals surface area contributed by atoms with E-state index >= 15 is 0 Å². The minimum absolute atomic E-state index is 0.558. The number of hydrogen-bond donors (Lipinski definition) is 2. The molecule has 1 saturated heterocycles. The highest BCUT2D eigenvalue weighted by atomic mass is 15.3. The van der Waals surface area contributed by atoms with Gasteiger partial charge in [0, 0.05) is 18.5 Å². The van der Waals surface area contributed by atoms with E-state index in [1.54, 1.807) is 0 Å². The van der Waals surface area contributed by atoms with Gasteiger partial charge in [-0.3, -0.25) is 4.68 Å². The van der Waals surface area contributed by atoms with Crippen LogP contribution in [-0.4, -0.2) is 33.9 Å². The van der Waals surface area contributed by atoms with Gasteiger partial charge in [0.05, 0.1) is 17.6 Å². The van der Waals surface area contributed by atoms with E-state index in [9.17, 15) is 0 Å². The van der Waals surface area contributed by atoms with Crippen molar-refractivity contribution in [3.8, 4) is 0 Å². The van der Waals surface area contributed by atoms with Crippen molar-refractivity contribution in [3.05, 3.63) is 18.0 Å². The molecule has 0 radical (unpaired) electrons. The normalized spacial score (nSPS) is 17.2. The molecule has 96 valence electrons. The summed E-state index contributed by atoms with van der Waals surface area (Å²) in [7, 11) is 1.93. The van der Waals surface area contributed by atoms with Crippen molar-refractivity contribution in [2.24, 2.45) is 7.05 Å². The summed E-state index contributed by atoms with van der Waals surface area (Å²) in [5, 5.41) is 12.5. The highest BCUT2D eigenvalue weighted by molar-refractivity contribution is 5.81. The van der Waals surface area contributed by atoms with Crippen molar-refractivity contribution in [2.75, 3.05) is 18.4 Å². The van der Waals surface area contributed by atoms with Gasteiger partial charge in [-0.25, -0.2) is 4.98 Å². The number of nitrogens with one attached hydrogen (secondary N) is 2. The molecule has 5 nitrogen and oxygen atoms in total. The summed E-state index contributed by atoms with van der Waals surface area (Å²) in [5.74, 6) is 0. The third-order valence-electron chi connectivity index (χ3n) is 3.57. The number of rotatable bonds is 2. The Bertz CT molecular complexity index is 554. The van der Waals surface area contributed by atoms with Crippen LogP contribution >= 0.6 is 0 Å². The molecule has 1 fully saturated rings. The molecule has 0 unspecified atom stereocenters. The molecule has 2 N–H and O–H groups in total. The maximum atomic E-state index is 4.49. The minimum atomic E-state index is 0.558. The molecule has 0 aromatic carbocycles. The largest absolute Gasteiger partial charge is 0.381 e. The summed E-state index contributed by atoms with van der Waals surface area (Å²) in [5.41, 5.74) is 3.09. The van der Waals surface area contributed by atoms with Gasteiger partial charge in [-0.05, 0) is 38.9 Å². The average molecular weight is 245 g/mol. The van der Waals surface area contributed by atoms with Gasteiger partial charge >= 0.3 is 0 Å². The van der Waals surface area contributed by atoms with E-state index in [1.807, 2.05) is 24.9 Å². The second-order valence-corrected chi connectivity index (χ2v) is 4.97. The third kappa shape index (κ3) is 2.06. The van der Waals surface area contributed by atoms with Crippen LogP contribution in [0, 0.1) is 6.92 Å². The number of fused-ring (bicyclic) bond motifs is 1. The molecule has 1 aliphatic rings. The van der Waals surface area contributed by atoms with E-state index in [1.165, 1.54) is 12.8 Å². The van der Waals surface area contributed by atoms with Gasteiger partial charge in [0.2, 0.25) is 0 Å². The fourth-order valence-corrected chi connectivity index (χ4v) is 2.59. The standard InChI is InChI=1S/C13H19N5/c1-9-12-7-11(8-15-13(12)18(2)17-9)16-10-3-5-14-6-4-10/h7-8,10,14,16H,3-6H2,1-2H3. The zero-order valence-corrected chi connectivity index (χ0v) is 10.9. The van der Waals surface area contributed by atoms with Crippen LogP contribution in [0.3, 0.4) is 0 Å². The molecule has 3 rings (SSSR count). The Hall–Kier alpha value is -1.62. The predicted molar refractivity (Wildman–Crippen MR) is 72.8 cm³/mol. The lowest BCUT2D eigenvalue weighted by Gasteiger charge is -2.24. The lowest BCUT2D eigenvalue weighted by molar-refractivity contribution is 0.479. The van der Waals surface area contributed by atoms with E-state index in [4.69, 9.17) is 0 Å². The van der Waals surface area contributed by atoms with E-state index in [-0.39, 0.29) is 0 Å². The maximum Gasteiger partial charge on any atom is 0.157 e. The van der Waals surface area contributed by atoms with Gasteiger partial charge < -0.3 is 10.6 Å². The summed E-state index contributed by atoms with van der Waals surface area (Å²) < 4.78 is 1.83. The number of aromatic nitrogens is 3. The Morgan fingerprint density at radius 2 is 2.17 bits per heavy atom. The molecule has 2 aromatic heterocycles. The zero-order chi connectivity index (χ0) is 12.5. The second-order valence-electron chi connectivity index (χ2n) is 4.97. The molecule has 0 aliphatic carbocycles. The van der Waals surface area contributed by atoms with Crippen molar-refractivity contribution < 1.29 is 0 Å². The molecule has 0 spiro atoms. The number of aryl methyl sites for hydroxylation is 2. The fraction of sp³-hybridized carbons (Fsp3) is 0.538. The van der Waals surface area contributed by atoms with Crippen molar-refractivity contribution in [1.82, 2.24) is 20.1 Å². The minimum Gasteiger partial charge on any atom is -0.381 e. The Morgan fingerprint density at radius 3 is 2.94 bits per heavy atom. The smallest absolute Gasteiger partial charge is 0.157 e. The quantitative estimate of drug-likeness (QED) is 0.840. The van der Waals surface area contributed by atoms with Gasteiger partial charge in [-0.15, -0.1) is 0 Å². The molecule has 2 aromatic rings. The summed E-state index contributed by atoms with van der Waals surface area (Å²) in [4.78, 5) is 4.49. The summed E-state index contributed by atoms with van der Waals surface area (Å²) >= 11 is 0. The van der Waals surface area contributed by atoms with E-state index in [0.717, 1.165) is 35.5 Å². The summed E-state index contributed by atoms with van der Waals surface area (Å²) in [6.07, 6.45) is 4.25. The number of hydrogen-bond acceptors (Lipinski definition) is 4. The first-order valence-electron chi connectivity index (χ1n) is 6.50. The van der Waals surface area contributed by atoms with E-state index < -0.39 is 0 Å². The van der Waals surface area contributed by atoms with Crippen LogP contribution in [-0.2, 0) is 7.05 Å². The Morgan fingerprint density at radius 1 is 1.39 bits per heavy atom. The molecule has 5 heteroatoms. The number of pyridine rings is 1. The monoisotopic (exact) mass is 245 g/mol. The first kappa shape index (κ1) is 11.5. The van der Waals surface area contributed by atoms with Crippen LogP contribution in [0.15, 0.2) is 12.3 Å². The van der Waals surface area contributed by atoms with Gasteiger partial charge in [-0.1, -0.05) is 0 Å². The van der Waals surface area contributed by atoms with Gasteiger partial charge in [0.25, 0.3) is 0 Å². The molecule has 0 saturated carbocycles. The van der Waals surface area contributed by atoms with Crippen molar-refractivity contribution in [1.29, 1.82) is 0 Å². The van der Waals surface area contributed by atoms with E-state index in [2.05, 4.69) is 26.8 Å². The zero-order valence-electron chi connectivity index (χ0n) is 10.9. The van der Waals surface area contributed by atoms with Gasteiger partial charge in [0.1, 0.15) is 0 Å². The molecular formula is C13H19N5. The fourth-order valence-electron chi connectivity index (χ4n) is 2.59. The average Bonchev–Trinajstić information content (AvgIpc) is 2.66. The molecule has 1 aliphatic heterocycles. The summed E-state index contributed by atoms with van der Waals surface area (Å²) in [6.45, 7) is 4.22. The molecular weight excluding hydrogens is 226 g/mol. The van der Waals surface area contributed by atoms with Crippen LogP contribution in [0.2, 0.25) is 0 Å². The Labute approximate surface area is 107 Å². The number of anilines is 1. The van der Waals surface area contributed by atoms with Gasteiger partial charge in [-0.2, -0.15) is 5.10 Å². The van der Waals surface area contributed by atoms with Crippen LogP contribution in [0.4, 0.5) is 5.69 Å². The first-order chi connectivity index (χ1) is 8.74. The Balaban J connectivity index is 1.86. The van der Waals surface area contributed by atoms with E-state index in [0.29, 0.717) is 6.04 Å². The molecule has 18 heavy (non-hydrogen) atoms. The maximum absolute atomic E-state index is 4.49. The summed E-state index contributed by atoms with van der Waals surface area (Å²) in [6, 6.07) is 2.72. The molecule has 0 bridgehead atoms. The van der Waals surface area contributed by atoms with Crippen molar-refractivity contribution >= 4 is 16.7 Å². The number of piperidine rings is 1. The molecule has 0 atom stereocenters. The van der Waals surface area contributed by atoms with Crippen LogP contribution in [0.25, 0.3) is 11.0 Å². The molecule has 3 heterocycles. The topological polar surface area (TPSA) is 54.8 Å². The van der Waals surface area contributed by atoms with Crippen LogP contribution in [0.5, 0.6) is 0 Å². The first-order valence-corrected chi connectivity index (χ1v) is 6.50. The van der Waals surface area contributed by atoms with Gasteiger partial charge in [0.15, 0.2) is 5.65 Å². The lowest BCUT2D eigenvalue weighted by Crippen LogP contribution is -2.35. The Kier molecular flexibility index (Phi) is 2.91. The van der Waals surface area contributed by atoms with Crippen LogP contribution < -0.4 is 10.6 Å². The molecule has 0 amide bonds. The highest BCUT2D eigenvalue weighted by Crippen LogP contribution is 2.20. The SMILES string of the molecule is Cc1nn(C)c2ncc(NC3CCNCC3)cc12. The van der Waals surface area contributed by atoms with Crippen molar-refractivity contribution in [3.63, 3.8) is 0 Å². The highest BCUT2D eigenvalue weighted by Gasteiger charge is 2.13. The third-order valence-corrected chi connectivity index (χ3v) is 3.57. The predicted octanol–water partition coefficient (Wildman–Crippen LogP) is 1.44. The van der Waals surface area contributed by atoms with Crippen molar-refractivity contribution in [2.45, 2.75) is 25.8 Å². The number of nitrogens with zero attached hydrogens (tertiary/aromatic N) is 3. The lowest BCUT2D eigenvalue weighted by atomic mass is 10.1.